The van der Waals surface area contributed by atoms with Crippen LogP contribution in [-0.2, 0) is 6.54 Å². The smallest absolute Gasteiger partial charge is 0.270 e. The van der Waals surface area contributed by atoms with Crippen molar-refractivity contribution in [2.45, 2.75) is 25.8 Å². The summed E-state index contributed by atoms with van der Waals surface area (Å²) in [5, 5.41) is 9.29. The van der Waals surface area contributed by atoms with Crippen molar-refractivity contribution < 1.29 is 0 Å². The highest BCUT2D eigenvalue weighted by Gasteiger charge is 2.19. The number of anilines is 1. The van der Waals surface area contributed by atoms with Crippen LogP contribution in [0.2, 0.25) is 0 Å². The third-order valence-electron chi connectivity index (χ3n) is 4.29. The number of hydrogen-bond donors (Lipinski definition) is 0. The molecule has 2 heterocycles. The Morgan fingerprint density at radius 1 is 1.17 bits per heavy atom. The highest BCUT2D eigenvalue weighted by Crippen LogP contribution is 2.18. The Kier molecular flexibility index (Phi) is 4.63. The molecule has 5 heteroatoms. The zero-order valence-corrected chi connectivity index (χ0v) is 13.4. The summed E-state index contributed by atoms with van der Waals surface area (Å²) in [5.74, 6) is 3.03. The van der Waals surface area contributed by atoms with Crippen molar-refractivity contribution in [1.29, 1.82) is 5.26 Å². The van der Waals surface area contributed by atoms with Crippen LogP contribution in [0.1, 0.15) is 36.0 Å². The molecule has 1 aliphatic rings. The summed E-state index contributed by atoms with van der Waals surface area (Å²) in [4.78, 5) is 19.3. The number of rotatable bonds is 3. The van der Waals surface area contributed by atoms with Crippen molar-refractivity contribution in [3.05, 3.63) is 57.5 Å². The van der Waals surface area contributed by atoms with Crippen molar-refractivity contribution in [1.82, 2.24) is 9.55 Å². The molecule has 0 unspecified atom stereocenters. The third kappa shape index (κ3) is 3.02. The average molecular weight is 318 g/mol. The lowest BCUT2D eigenvalue weighted by molar-refractivity contribution is 0.551. The normalized spacial score (nSPS) is 14.0. The van der Waals surface area contributed by atoms with Crippen LogP contribution in [0.5, 0.6) is 0 Å². The largest absolute Gasteiger partial charge is 0.342 e. The van der Waals surface area contributed by atoms with E-state index in [2.05, 4.69) is 21.9 Å². The van der Waals surface area contributed by atoms with Gasteiger partial charge in [-0.25, -0.2) is 4.98 Å². The number of aromatic nitrogens is 2. The predicted molar refractivity (Wildman–Crippen MR) is 92.8 cm³/mol. The summed E-state index contributed by atoms with van der Waals surface area (Å²) in [6.07, 6.45) is 10.3. The number of terminal acetylenes is 1. The first-order valence-corrected chi connectivity index (χ1v) is 8.04. The molecule has 0 spiro atoms. The van der Waals surface area contributed by atoms with Crippen molar-refractivity contribution in [2.75, 3.05) is 18.0 Å². The van der Waals surface area contributed by atoms with Gasteiger partial charge in [-0.05, 0) is 30.9 Å². The Morgan fingerprint density at radius 2 is 1.92 bits per heavy atom. The van der Waals surface area contributed by atoms with E-state index < -0.39 is 0 Å². The van der Waals surface area contributed by atoms with E-state index in [0.29, 0.717) is 11.5 Å². The summed E-state index contributed by atoms with van der Waals surface area (Å²) in [6.45, 7) is 2.04. The zero-order valence-electron chi connectivity index (χ0n) is 13.4. The van der Waals surface area contributed by atoms with Gasteiger partial charge in [0, 0.05) is 13.1 Å². The second-order valence-corrected chi connectivity index (χ2v) is 5.82. The first-order valence-electron chi connectivity index (χ1n) is 8.04. The Balaban J connectivity index is 2.09. The zero-order chi connectivity index (χ0) is 16.9. The maximum Gasteiger partial charge on any atom is 0.270 e. The molecule has 5 nitrogen and oxygen atoms in total. The number of hydrogen-bond acceptors (Lipinski definition) is 4. The Labute approximate surface area is 141 Å². The molecule has 1 aliphatic heterocycles. The molecule has 0 N–H and O–H groups in total. The summed E-state index contributed by atoms with van der Waals surface area (Å²) < 4.78 is 1.59. The van der Waals surface area contributed by atoms with Crippen molar-refractivity contribution >= 4 is 5.95 Å². The molecule has 1 aromatic heterocycles. The van der Waals surface area contributed by atoms with Gasteiger partial charge in [0.2, 0.25) is 5.95 Å². The van der Waals surface area contributed by atoms with Gasteiger partial charge < -0.3 is 4.90 Å². The average Bonchev–Trinajstić information content (AvgIpc) is 2.64. The third-order valence-corrected chi connectivity index (χ3v) is 4.29. The molecule has 0 radical (unpaired) electrons. The van der Waals surface area contributed by atoms with Crippen LogP contribution in [0, 0.1) is 23.7 Å². The maximum absolute atomic E-state index is 12.7. The lowest BCUT2D eigenvalue weighted by Crippen LogP contribution is -2.37. The van der Waals surface area contributed by atoms with Gasteiger partial charge in [-0.2, -0.15) is 5.26 Å². The van der Waals surface area contributed by atoms with Gasteiger partial charge >= 0.3 is 0 Å². The van der Waals surface area contributed by atoms with Gasteiger partial charge in [0.25, 0.3) is 5.56 Å². The lowest BCUT2D eigenvalue weighted by atomic mass is 10.1. The van der Waals surface area contributed by atoms with E-state index in [1.807, 2.05) is 18.2 Å². The maximum atomic E-state index is 12.7. The number of nitriles is 1. The van der Waals surface area contributed by atoms with Crippen molar-refractivity contribution in [3.8, 4) is 18.4 Å². The highest BCUT2D eigenvalue weighted by molar-refractivity contribution is 5.41. The van der Waals surface area contributed by atoms with Crippen LogP contribution >= 0.6 is 0 Å². The van der Waals surface area contributed by atoms with Crippen molar-refractivity contribution in [3.63, 3.8) is 0 Å². The first kappa shape index (κ1) is 15.8. The molecule has 1 saturated heterocycles. The fraction of sp³-hybridized carbons (Fsp3) is 0.316. The minimum Gasteiger partial charge on any atom is -0.342 e. The van der Waals surface area contributed by atoms with Crippen LogP contribution in [0.4, 0.5) is 5.95 Å². The minimum absolute atomic E-state index is 0.235. The molecule has 0 saturated carbocycles. The molecule has 0 amide bonds. The van der Waals surface area contributed by atoms with Gasteiger partial charge in [0.15, 0.2) is 0 Å². The van der Waals surface area contributed by atoms with Crippen molar-refractivity contribution in [2.24, 2.45) is 0 Å². The van der Waals surface area contributed by atoms with E-state index in [1.165, 1.54) is 12.6 Å². The summed E-state index contributed by atoms with van der Waals surface area (Å²) in [5.41, 5.74) is 1.35. The molecule has 1 aromatic carbocycles. The van der Waals surface area contributed by atoms with Crippen LogP contribution in [0.3, 0.4) is 0 Å². The molecule has 0 bridgehead atoms. The quantitative estimate of drug-likeness (QED) is 0.814. The summed E-state index contributed by atoms with van der Waals surface area (Å²) in [6, 6.07) is 9.45. The lowest BCUT2D eigenvalue weighted by Gasteiger charge is -2.29. The summed E-state index contributed by atoms with van der Waals surface area (Å²) >= 11 is 0. The van der Waals surface area contributed by atoms with E-state index in [-0.39, 0.29) is 17.7 Å². The van der Waals surface area contributed by atoms with Crippen LogP contribution in [-0.4, -0.2) is 22.6 Å². The monoisotopic (exact) mass is 318 g/mol. The Hall–Kier alpha value is -3.05. The first-order chi connectivity index (χ1) is 11.7. The fourth-order valence-corrected chi connectivity index (χ4v) is 3.01. The highest BCUT2D eigenvalue weighted by atomic mass is 16.1. The second kappa shape index (κ2) is 7.02. The van der Waals surface area contributed by atoms with Gasteiger partial charge in [-0.1, -0.05) is 24.1 Å². The predicted octanol–water partition coefficient (Wildman–Crippen LogP) is 2.13. The van der Waals surface area contributed by atoms with E-state index in [9.17, 15) is 10.1 Å². The molecular formula is C19H18N4O. The molecule has 0 atom stereocenters. The van der Waals surface area contributed by atoms with Crippen LogP contribution in [0.25, 0.3) is 0 Å². The molecule has 1 fully saturated rings. The number of nitrogens with zero attached hydrogens (tertiary/aromatic N) is 4. The van der Waals surface area contributed by atoms with Gasteiger partial charge in [0.1, 0.15) is 5.56 Å². The molecule has 3 rings (SSSR count). The van der Waals surface area contributed by atoms with Gasteiger partial charge in [-0.15, -0.1) is 6.42 Å². The molecule has 120 valence electrons. The SMILES string of the molecule is C#Cc1cnc(N2CCCCC2)n(Cc2ccccc2C#N)c1=O. The Morgan fingerprint density at radius 3 is 2.62 bits per heavy atom. The van der Waals surface area contributed by atoms with E-state index in [4.69, 9.17) is 6.42 Å². The molecule has 24 heavy (non-hydrogen) atoms. The summed E-state index contributed by atoms with van der Waals surface area (Å²) in [7, 11) is 0. The Bertz CT molecular complexity index is 879. The molecule has 2 aromatic rings. The number of benzene rings is 1. The van der Waals surface area contributed by atoms with E-state index in [0.717, 1.165) is 31.5 Å². The van der Waals surface area contributed by atoms with E-state index in [1.54, 1.807) is 10.6 Å². The van der Waals surface area contributed by atoms with Crippen LogP contribution in [0.15, 0.2) is 35.3 Å². The van der Waals surface area contributed by atoms with Gasteiger partial charge in [-0.3, -0.25) is 9.36 Å². The van der Waals surface area contributed by atoms with E-state index >= 15 is 0 Å². The van der Waals surface area contributed by atoms with Gasteiger partial charge in [0.05, 0.1) is 24.4 Å². The molecule has 0 aliphatic carbocycles. The minimum atomic E-state index is -0.235. The van der Waals surface area contributed by atoms with Crippen LogP contribution < -0.4 is 10.5 Å². The fourth-order valence-electron chi connectivity index (χ4n) is 3.01. The molecular weight excluding hydrogens is 300 g/mol. The topological polar surface area (TPSA) is 61.9 Å². The number of piperidine rings is 1. The second-order valence-electron chi connectivity index (χ2n) is 5.82. The standard InChI is InChI=1S/C19H18N4O/c1-2-15-13-21-19(22-10-6-3-7-11-22)23(18(15)24)14-17-9-5-4-8-16(17)12-20/h1,4-5,8-9,13H,3,6-7,10-11,14H2.